The van der Waals surface area contributed by atoms with Crippen molar-refractivity contribution in [3.05, 3.63) is 114 Å². The zero-order chi connectivity index (χ0) is 32.1. The van der Waals surface area contributed by atoms with Gasteiger partial charge in [0.05, 0.1) is 38.4 Å². The molecule has 1 amide bonds. The van der Waals surface area contributed by atoms with Crippen LogP contribution in [-0.2, 0) is 16.4 Å². The number of Topliss-reactive ketones (excluding diaryl/α,β-unsaturated/α-hetero) is 1. The third-order valence-electron chi connectivity index (χ3n) is 7.12. The molecule has 13 heteroatoms. The predicted molar refractivity (Wildman–Crippen MR) is 178 cm³/mol. The molecule has 0 aliphatic rings. The minimum atomic E-state index is -3.52. The van der Waals surface area contributed by atoms with Crippen molar-refractivity contribution in [3.63, 3.8) is 0 Å². The van der Waals surface area contributed by atoms with Gasteiger partial charge in [0.1, 0.15) is 5.88 Å². The number of hydrogen-bond donors (Lipinski definition) is 3. The average Bonchev–Trinajstić information content (AvgIpc) is 3.81. The van der Waals surface area contributed by atoms with E-state index in [1.54, 1.807) is 67.7 Å². The fourth-order valence-electron chi connectivity index (χ4n) is 4.81. The molecule has 0 saturated carbocycles. The van der Waals surface area contributed by atoms with E-state index in [2.05, 4.69) is 20.9 Å². The third kappa shape index (κ3) is 7.07. The summed E-state index contributed by atoms with van der Waals surface area (Å²) in [6, 6.07) is 26.3. The largest absolute Gasteiger partial charge is 0.440 e. The summed E-state index contributed by atoms with van der Waals surface area (Å²) >= 11 is 1.27. The highest BCUT2D eigenvalue weighted by Gasteiger charge is 2.19. The fraction of sp³-hybridized carbons (Fsp3) is 0.152. The number of hydrogen-bond acceptors (Lipinski definition) is 10. The van der Waals surface area contributed by atoms with Crippen LogP contribution in [0.5, 0.6) is 0 Å². The lowest BCUT2D eigenvalue weighted by molar-refractivity contribution is 0.100. The maximum Gasteiger partial charge on any atom is 0.268 e. The van der Waals surface area contributed by atoms with Gasteiger partial charge in [0.15, 0.2) is 27.3 Å². The van der Waals surface area contributed by atoms with Crippen molar-refractivity contribution < 1.29 is 22.4 Å². The lowest BCUT2D eigenvalue weighted by atomic mass is 10.1. The van der Waals surface area contributed by atoms with E-state index in [4.69, 9.17) is 9.40 Å². The van der Waals surface area contributed by atoms with Crippen molar-refractivity contribution in [1.82, 2.24) is 19.9 Å². The molecule has 0 radical (unpaired) electrons. The zero-order valence-electron chi connectivity index (χ0n) is 24.8. The van der Waals surface area contributed by atoms with E-state index in [1.807, 2.05) is 41.0 Å². The van der Waals surface area contributed by atoms with Crippen molar-refractivity contribution >= 4 is 55.5 Å². The molecule has 6 aromatic rings. The molecule has 0 saturated heterocycles. The number of carbonyl (C=O) groups is 2. The highest BCUT2D eigenvalue weighted by molar-refractivity contribution is 7.91. The molecule has 234 valence electrons. The lowest BCUT2D eigenvalue weighted by Crippen LogP contribution is -2.27. The van der Waals surface area contributed by atoms with Crippen LogP contribution in [0, 0.1) is 6.92 Å². The number of ketones is 1. The van der Waals surface area contributed by atoms with Crippen LogP contribution in [-0.4, -0.2) is 53.6 Å². The van der Waals surface area contributed by atoms with E-state index < -0.39 is 9.84 Å². The van der Waals surface area contributed by atoms with Gasteiger partial charge in [0.2, 0.25) is 5.95 Å². The summed E-state index contributed by atoms with van der Waals surface area (Å²) in [5, 5.41) is 9.08. The van der Waals surface area contributed by atoms with Crippen LogP contribution in [0.1, 0.15) is 25.9 Å². The van der Waals surface area contributed by atoms with Gasteiger partial charge < -0.3 is 19.6 Å². The molecule has 3 heterocycles. The van der Waals surface area contributed by atoms with Crippen LogP contribution >= 0.6 is 11.3 Å². The Morgan fingerprint density at radius 1 is 0.957 bits per heavy atom. The topological polar surface area (TPSA) is 148 Å². The third-order valence-corrected chi connectivity index (χ3v) is 9.80. The first-order valence-corrected chi connectivity index (χ1v) is 16.9. The Kier molecular flexibility index (Phi) is 9.06. The SMILES string of the molecule is Cc1ncc(-c2ccc(C(=O)Nc3nc4cc(NCC(=O)c5ccccc5)ccc4n3CCNCS(=O)(=O)c3ccccc3)s2)o1. The number of oxazole rings is 1. The van der Waals surface area contributed by atoms with Crippen molar-refractivity contribution in [2.24, 2.45) is 0 Å². The molecule has 46 heavy (non-hydrogen) atoms. The minimum absolute atomic E-state index is 0.0495. The minimum Gasteiger partial charge on any atom is -0.440 e. The monoisotopic (exact) mass is 654 g/mol. The van der Waals surface area contributed by atoms with Crippen LogP contribution in [0.25, 0.3) is 21.7 Å². The van der Waals surface area contributed by atoms with Gasteiger partial charge in [-0.3, -0.25) is 14.9 Å². The van der Waals surface area contributed by atoms with Gasteiger partial charge in [-0.1, -0.05) is 48.5 Å². The first kappa shape index (κ1) is 30.9. The number of nitrogens with zero attached hydrogens (tertiary/aromatic N) is 3. The van der Waals surface area contributed by atoms with E-state index in [0.29, 0.717) is 52.3 Å². The number of nitrogens with one attached hydrogen (secondary N) is 3. The molecule has 11 nitrogen and oxygen atoms in total. The lowest BCUT2D eigenvalue weighted by Gasteiger charge is -2.11. The Morgan fingerprint density at radius 3 is 2.46 bits per heavy atom. The normalized spacial score (nSPS) is 11.5. The fourth-order valence-corrected chi connectivity index (χ4v) is 6.81. The number of benzene rings is 3. The van der Waals surface area contributed by atoms with E-state index in [1.165, 1.54) is 11.3 Å². The molecule has 0 aliphatic carbocycles. The van der Waals surface area contributed by atoms with E-state index in [-0.39, 0.29) is 29.0 Å². The van der Waals surface area contributed by atoms with Gasteiger partial charge in [-0.05, 0) is 42.5 Å². The summed E-state index contributed by atoms with van der Waals surface area (Å²) in [5.41, 5.74) is 2.62. The Morgan fingerprint density at radius 2 is 1.72 bits per heavy atom. The molecule has 0 bridgehead atoms. The van der Waals surface area contributed by atoms with Gasteiger partial charge in [-0.15, -0.1) is 11.3 Å². The Hall–Kier alpha value is -5.11. The maximum atomic E-state index is 13.3. The summed E-state index contributed by atoms with van der Waals surface area (Å²) in [6.45, 7) is 2.47. The molecule has 0 aliphatic heterocycles. The van der Waals surface area contributed by atoms with Gasteiger partial charge in [-0.25, -0.2) is 18.4 Å². The number of aryl methyl sites for hydroxylation is 1. The van der Waals surface area contributed by atoms with Crippen LogP contribution in [0.4, 0.5) is 11.6 Å². The quantitative estimate of drug-likeness (QED) is 0.106. The van der Waals surface area contributed by atoms with E-state index >= 15 is 0 Å². The van der Waals surface area contributed by atoms with Crippen LogP contribution < -0.4 is 16.0 Å². The van der Waals surface area contributed by atoms with E-state index in [9.17, 15) is 18.0 Å². The van der Waals surface area contributed by atoms with Crippen molar-refractivity contribution in [2.75, 3.05) is 29.6 Å². The Balaban J connectivity index is 1.21. The average molecular weight is 655 g/mol. The molecule has 0 atom stereocenters. The molecule has 0 spiro atoms. The molecule has 6 rings (SSSR count). The number of anilines is 2. The number of imidazole rings is 1. The van der Waals surface area contributed by atoms with Crippen molar-refractivity contribution in [2.45, 2.75) is 18.4 Å². The second-order valence-corrected chi connectivity index (χ2v) is 13.4. The Bertz CT molecular complexity index is 2100. The number of fused-ring (bicyclic) bond motifs is 1. The van der Waals surface area contributed by atoms with Gasteiger partial charge >= 0.3 is 0 Å². The first-order chi connectivity index (χ1) is 22.3. The predicted octanol–water partition coefficient (Wildman–Crippen LogP) is 5.63. The summed E-state index contributed by atoms with van der Waals surface area (Å²) in [5.74, 6) is 0.772. The number of thiophene rings is 1. The molecule has 0 fully saturated rings. The van der Waals surface area contributed by atoms with Crippen molar-refractivity contribution in [1.29, 1.82) is 0 Å². The smallest absolute Gasteiger partial charge is 0.268 e. The van der Waals surface area contributed by atoms with Gasteiger partial charge in [0, 0.05) is 31.3 Å². The van der Waals surface area contributed by atoms with Crippen LogP contribution in [0.15, 0.2) is 107 Å². The first-order valence-electron chi connectivity index (χ1n) is 14.4. The number of amides is 1. The van der Waals surface area contributed by atoms with Gasteiger partial charge in [-0.2, -0.15) is 0 Å². The summed E-state index contributed by atoms with van der Waals surface area (Å²) in [6.07, 6.45) is 1.62. The highest BCUT2D eigenvalue weighted by Crippen LogP contribution is 2.30. The Labute approximate surface area is 269 Å². The standard InChI is InChI=1S/C33H30N6O5S2/c1-22-35-20-29(44-22)30-14-15-31(45-30)32(41)38-33-37-26-18-24(36-19-28(40)23-8-4-2-5-9-23)12-13-27(26)39(33)17-16-34-21-46(42,43)25-10-6-3-7-11-25/h2-15,18,20,34,36H,16-17,19,21H2,1H3,(H,37,38,41). The number of aromatic nitrogens is 3. The summed E-state index contributed by atoms with van der Waals surface area (Å²) in [4.78, 5) is 36.2. The molecular weight excluding hydrogens is 625 g/mol. The summed E-state index contributed by atoms with van der Waals surface area (Å²) < 4.78 is 32.9. The second kappa shape index (κ2) is 13.5. The number of rotatable bonds is 13. The molecule has 3 aromatic carbocycles. The van der Waals surface area contributed by atoms with Crippen LogP contribution in [0.3, 0.4) is 0 Å². The van der Waals surface area contributed by atoms with Crippen molar-refractivity contribution in [3.8, 4) is 10.6 Å². The number of carbonyl (C=O) groups excluding carboxylic acids is 2. The molecular formula is C33H30N6O5S2. The van der Waals surface area contributed by atoms with Crippen LogP contribution in [0.2, 0.25) is 0 Å². The second-order valence-electron chi connectivity index (χ2n) is 10.4. The molecule has 0 unspecified atom stereocenters. The maximum absolute atomic E-state index is 13.3. The van der Waals surface area contributed by atoms with E-state index in [0.717, 1.165) is 10.4 Å². The number of sulfone groups is 1. The summed E-state index contributed by atoms with van der Waals surface area (Å²) in [7, 11) is -3.52. The zero-order valence-corrected chi connectivity index (χ0v) is 26.4. The van der Waals surface area contributed by atoms with Gasteiger partial charge in [0.25, 0.3) is 5.91 Å². The highest BCUT2D eigenvalue weighted by atomic mass is 32.2. The molecule has 3 aromatic heterocycles. The molecule has 3 N–H and O–H groups in total.